The number of hydrogen-bond acceptors (Lipinski definition) is 5. The molecule has 0 bridgehead atoms. The largest absolute Gasteiger partial charge is 0.405 e. The number of allylic oxidation sites excluding steroid dienone is 2. The molecule has 0 aliphatic carbocycles. The average molecular weight is 474 g/mol. The van der Waals surface area contributed by atoms with E-state index in [1.807, 2.05) is 43.3 Å². The summed E-state index contributed by atoms with van der Waals surface area (Å²) < 4.78 is 18.4. The molecule has 0 spiro atoms. The van der Waals surface area contributed by atoms with E-state index in [4.69, 9.17) is 21.4 Å². The summed E-state index contributed by atoms with van der Waals surface area (Å²) in [6.45, 7) is 14.2. The molecule has 0 unspecified atom stereocenters. The highest BCUT2D eigenvalue weighted by molar-refractivity contribution is 5.96. The SMILES string of the molecule is C=C(/C=C\C=C/N)CNC(=C)c1c(C)cccc1-c1cccc(F)c1.Cc1noc(C)c1C(=N)N. The van der Waals surface area contributed by atoms with E-state index in [0.717, 1.165) is 33.5 Å². The summed E-state index contributed by atoms with van der Waals surface area (Å²) in [5.41, 5.74) is 17.3. The third-order valence-electron chi connectivity index (χ3n) is 5.10. The maximum absolute atomic E-state index is 13.6. The topological polar surface area (TPSA) is 114 Å². The minimum absolute atomic E-state index is 0.0104. The van der Waals surface area contributed by atoms with Crippen LogP contribution in [0.1, 0.15) is 28.1 Å². The fourth-order valence-corrected chi connectivity index (χ4v) is 3.46. The van der Waals surface area contributed by atoms with Gasteiger partial charge in [0.15, 0.2) is 0 Å². The molecular weight excluding hydrogens is 441 g/mol. The maximum atomic E-state index is 13.6. The van der Waals surface area contributed by atoms with Crippen molar-refractivity contribution >= 4 is 11.5 Å². The first-order valence-electron chi connectivity index (χ1n) is 10.9. The van der Waals surface area contributed by atoms with E-state index in [1.54, 1.807) is 26.0 Å². The number of aromatic nitrogens is 1. The van der Waals surface area contributed by atoms with E-state index >= 15 is 0 Å². The molecule has 0 saturated carbocycles. The minimum atomic E-state index is -0.255. The lowest BCUT2D eigenvalue weighted by Gasteiger charge is -2.17. The molecule has 3 rings (SSSR count). The van der Waals surface area contributed by atoms with E-state index < -0.39 is 0 Å². The van der Waals surface area contributed by atoms with Crippen LogP contribution < -0.4 is 16.8 Å². The first-order chi connectivity index (χ1) is 16.6. The molecule has 1 aromatic heterocycles. The van der Waals surface area contributed by atoms with Crippen molar-refractivity contribution < 1.29 is 8.91 Å². The van der Waals surface area contributed by atoms with Crippen LogP contribution >= 0.6 is 0 Å². The van der Waals surface area contributed by atoms with Crippen molar-refractivity contribution in [2.45, 2.75) is 20.8 Å². The summed E-state index contributed by atoms with van der Waals surface area (Å²) in [7, 11) is 0. The van der Waals surface area contributed by atoms with Gasteiger partial charge in [-0.2, -0.15) is 0 Å². The van der Waals surface area contributed by atoms with E-state index in [0.29, 0.717) is 23.6 Å². The number of hydrogen-bond donors (Lipinski definition) is 4. The number of benzene rings is 2. The molecule has 182 valence electrons. The predicted octanol–water partition coefficient (Wildman–Crippen LogP) is 5.52. The molecule has 35 heavy (non-hydrogen) atoms. The summed E-state index contributed by atoms with van der Waals surface area (Å²) in [4.78, 5) is 0. The van der Waals surface area contributed by atoms with Gasteiger partial charge in [0, 0.05) is 17.8 Å². The highest BCUT2D eigenvalue weighted by Crippen LogP contribution is 2.30. The molecule has 2 aromatic carbocycles. The van der Waals surface area contributed by atoms with Gasteiger partial charge >= 0.3 is 0 Å². The Morgan fingerprint density at radius 1 is 1.11 bits per heavy atom. The molecule has 7 heteroatoms. The summed E-state index contributed by atoms with van der Waals surface area (Å²) in [5, 5.41) is 14.0. The van der Waals surface area contributed by atoms with Gasteiger partial charge in [-0.05, 0) is 67.4 Å². The Hall–Kier alpha value is -4.39. The van der Waals surface area contributed by atoms with Gasteiger partial charge in [0.25, 0.3) is 0 Å². The Balaban J connectivity index is 0.000000360. The fourth-order valence-electron chi connectivity index (χ4n) is 3.46. The minimum Gasteiger partial charge on any atom is -0.405 e. The Morgan fingerprint density at radius 3 is 2.40 bits per heavy atom. The van der Waals surface area contributed by atoms with Gasteiger partial charge in [-0.3, -0.25) is 5.41 Å². The number of amidine groups is 1. The normalized spacial score (nSPS) is 10.7. The summed E-state index contributed by atoms with van der Waals surface area (Å²) in [6, 6.07) is 12.5. The standard InChI is InChI=1S/C22H23FN2.C6H9N3O/c1-16(8-4-5-13-24)15-25-18(3)22-17(2)9-6-12-21(22)19-10-7-11-20(23)14-19;1-3-5(6(7)8)4(2)10-9-3/h4-14,25H,1,3,15,24H2,2H3;1-2H3,(H3,7,8)/b8-4-,13-5-;. The van der Waals surface area contributed by atoms with Crippen molar-refractivity contribution in [1.82, 2.24) is 10.5 Å². The Labute approximate surface area is 206 Å². The predicted molar refractivity (Wildman–Crippen MR) is 142 cm³/mol. The summed E-state index contributed by atoms with van der Waals surface area (Å²) in [5.74, 6) is 0.358. The van der Waals surface area contributed by atoms with Gasteiger partial charge in [0.05, 0.1) is 11.3 Å². The van der Waals surface area contributed by atoms with E-state index in [1.165, 1.54) is 18.3 Å². The molecular formula is C28H32FN5O. The number of nitrogens with one attached hydrogen (secondary N) is 2. The van der Waals surface area contributed by atoms with Crippen molar-refractivity contribution in [3.63, 3.8) is 0 Å². The Bertz CT molecular complexity index is 1250. The van der Waals surface area contributed by atoms with Crippen LogP contribution in [0.5, 0.6) is 0 Å². The maximum Gasteiger partial charge on any atom is 0.144 e. The van der Waals surface area contributed by atoms with Crippen molar-refractivity contribution in [1.29, 1.82) is 5.41 Å². The second kappa shape index (κ2) is 12.7. The number of nitrogens with two attached hydrogens (primary N) is 2. The highest BCUT2D eigenvalue weighted by atomic mass is 19.1. The van der Waals surface area contributed by atoms with Crippen LogP contribution in [-0.4, -0.2) is 17.5 Å². The van der Waals surface area contributed by atoms with Gasteiger partial charge in [-0.1, -0.05) is 60.8 Å². The molecule has 0 atom stereocenters. The molecule has 0 radical (unpaired) electrons. The van der Waals surface area contributed by atoms with Gasteiger partial charge in [0.1, 0.15) is 17.4 Å². The number of aryl methyl sites for hydroxylation is 3. The lowest BCUT2D eigenvalue weighted by molar-refractivity contribution is 0.393. The Kier molecular flexibility index (Phi) is 9.78. The quantitative estimate of drug-likeness (QED) is 0.195. The third kappa shape index (κ3) is 7.57. The smallest absolute Gasteiger partial charge is 0.144 e. The number of halogens is 1. The molecule has 0 saturated heterocycles. The number of rotatable bonds is 8. The van der Waals surface area contributed by atoms with Crippen LogP contribution in [0.15, 0.2) is 90.1 Å². The third-order valence-corrected chi connectivity index (χ3v) is 5.10. The lowest BCUT2D eigenvalue weighted by Crippen LogP contribution is -2.15. The zero-order valence-electron chi connectivity index (χ0n) is 20.4. The van der Waals surface area contributed by atoms with Crippen molar-refractivity contribution in [3.8, 4) is 11.1 Å². The fraction of sp³-hybridized carbons (Fsp3) is 0.143. The molecule has 0 aliphatic heterocycles. The van der Waals surface area contributed by atoms with E-state index in [-0.39, 0.29) is 11.7 Å². The van der Waals surface area contributed by atoms with Crippen LogP contribution in [0.4, 0.5) is 4.39 Å². The summed E-state index contributed by atoms with van der Waals surface area (Å²) in [6.07, 6.45) is 6.92. The average Bonchev–Trinajstić information content (AvgIpc) is 3.16. The molecule has 0 amide bonds. The van der Waals surface area contributed by atoms with Crippen LogP contribution in [0.2, 0.25) is 0 Å². The first-order valence-corrected chi connectivity index (χ1v) is 10.9. The monoisotopic (exact) mass is 473 g/mol. The van der Waals surface area contributed by atoms with Gasteiger partial charge in [0.2, 0.25) is 0 Å². The molecule has 1 heterocycles. The van der Waals surface area contributed by atoms with Crippen LogP contribution in [0.3, 0.4) is 0 Å². The molecule has 6 N–H and O–H groups in total. The van der Waals surface area contributed by atoms with Crippen LogP contribution in [0, 0.1) is 32.0 Å². The zero-order chi connectivity index (χ0) is 26.0. The molecule has 6 nitrogen and oxygen atoms in total. The lowest BCUT2D eigenvalue weighted by atomic mass is 9.94. The van der Waals surface area contributed by atoms with Gasteiger partial charge in [-0.15, -0.1) is 0 Å². The molecule has 0 fully saturated rings. The second-order valence-corrected chi connectivity index (χ2v) is 7.86. The zero-order valence-corrected chi connectivity index (χ0v) is 20.4. The van der Waals surface area contributed by atoms with Gasteiger partial charge < -0.3 is 21.3 Å². The highest BCUT2D eigenvalue weighted by Gasteiger charge is 2.12. The summed E-state index contributed by atoms with van der Waals surface area (Å²) >= 11 is 0. The van der Waals surface area contributed by atoms with E-state index in [9.17, 15) is 4.39 Å². The van der Waals surface area contributed by atoms with Crippen LogP contribution in [-0.2, 0) is 0 Å². The van der Waals surface area contributed by atoms with Crippen molar-refractivity contribution in [3.05, 3.63) is 120 Å². The second-order valence-electron chi connectivity index (χ2n) is 7.86. The molecule has 3 aromatic rings. The first kappa shape index (κ1) is 26.9. The number of nitrogen functional groups attached to an aromatic ring is 1. The van der Waals surface area contributed by atoms with Crippen molar-refractivity contribution in [2.75, 3.05) is 6.54 Å². The number of nitrogens with zero attached hydrogens (tertiary/aromatic N) is 1. The molecule has 0 aliphatic rings. The van der Waals surface area contributed by atoms with Gasteiger partial charge in [-0.25, -0.2) is 4.39 Å². The Morgan fingerprint density at radius 2 is 1.83 bits per heavy atom. The van der Waals surface area contributed by atoms with Crippen molar-refractivity contribution in [2.24, 2.45) is 11.5 Å². The van der Waals surface area contributed by atoms with E-state index in [2.05, 4.69) is 23.6 Å². The van der Waals surface area contributed by atoms with Crippen LogP contribution in [0.25, 0.3) is 16.8 Å².